The van der Waals surface area contributed by atoms with Crippen molar-refractivity contribution in [3.05, 3.63) is 59.9 Å². The average Bonchev–Trinajstić information content (AvgIpc) is 2.76. The van der Waals surface area contributed by atoms with E-state index in [1.165, 1.54) is 7.11 Å². The third kappa shape index (κ3) is 6.57. The van der Waals surface area contributed by atoms with E-state index in [4.69, 9.17) is 4.74 Å². The Kier molecular flexibility index (Phi) is 7.55. The summed E-state index contributed by atoms with van der Waals surface area (Å²) in [6.07, 6.45) is 4.67. The number of pyridine rings is 1. The molecule has 180 valence electrons. The lowest BCUT2D eigenvalue weighted by Crippen LogP contribution is -2.35. The highest BCUT2D eigenvalue weighted by molar-refractivity contribution is 6.02. The first-order valence-corrected chi connectivity index (χ1v) is 11.0. The van der Waals surface area contributed by atoms with Crippen molar-refractivity contribution in [2.24, 2.45) is 0 Å². The average molecular weight is 467 g/mol. The van der Waals surface area contributed by atoms with E-state index in [1.807, 2.05) is 25.1 Å². The third-order valence-corrected chi connectivity index (χ3v) is 4.99. The normalized spacial score (nSPS) is 18.8. The zero-order valence-corrected chi connectivity index (χ0v) is 20.0. The number of carbonyl (C=O) groups excluding carboxylic acids is 3. The minimum atomic E-state index is -0.632. The number of fused-ring (bicyclic) bond motifs is 4. The van der Waals surface area contributed by atoms with E-state index in [-0.39, 0.29) is 11.9 Å². The molecule has 0 saturated carbocycles. The summed E-state index contributed by atoms with van der Waals surface area (Å²) in [6.45, 7) is 7.26. The second kappa shape index (κ2) is 10.4. The molecule has 34 heavy (non-hydrogen) atoms. The molecule has 9 nitrogen and oxygen atoms in total. The fourth-order valence-electron chi connectivity index (χ4n) is 3.49. The predicted molar refractivity (Wildman–Crippen MR) is 128 cm³/mol. The Balaban J connectivity index is 2.04. The molecule has 1 aliphatic heterocycles. The van der Waals surface area contributed by atoms with E-state index in [9.17, 15) is 14.4 Å². The van der Waals surface area contributed by atoms with Gasteiger partial charge in [0.05, 0.1) is 18.8 Å². The summed E-state index contributed by atoms with van der Waals surface area (Å²) in [6, 6.07) is 7.96. The van der Waals surface area contributed by atoms with Crippen molar-refractivity contribution in [2.75, 3.05) is 12.4 Å². The second-order valence-electron chi connectivity index (χ2n) is 8.97. The van der Waals surface area contributed by atoms with Gasteiger partial charge in [-0.05, 0) is 69.5 Å². The number of methoxy groups -OCH3 is 1. The van der Waals surface area contributed by atoms with Gasteiger partial charge in [-0.25, -0.2) is 9.59 Å². The molecule has 0 saturated heterocycles. The van der Waals surface area contributed by atoms with Crippen LogP contribution in [0.2, 0.25) is 0 Å². The maximum absolute atomic E-state index is 13.1. The number of benzene rings is 1. The molecule has 2 atom stereocenters. The number of aromatic nitrogens is 1. The largest absolute Gasteiger partial charge is 0.453 e. The van der Waals surface area contributed by atoms with Gasteiger partial charge in [-0.15, -0.1) is 0 Å². The van der Waals surface area contributed by atoms with Crippen LogP contribution in [0.4, 0.5) is 15.3 Å². The van der Waals surface area contributed by atoms with Crippen molar-refractivity contribution >= 4 is 23.8 Å². The predicted octanol–water partition coefficient (Wildman–Crippen LogP) is 4.57. The molecular weight excluding hydrogens is 436 g/mol. The summed E-state index contributed by atoms with van der Waals surface area (Å²) in [4.78, 5) is 41.7. The van der Waals surface area contributed by atoms with Crippen LogP contribution in [0.1, 0.15) is 56.2 Å². The fourth-order valence-corrected chi connectivity index (χ4v) is 3.49. The summed E-state index contributed by atoms with van der Waals surface area (Å²) in [5, 5.41) is 8.43. The molecule has 0 radical (unpaired) electrons. The minimum Gasteiger partial charge on any atom is -0.453 e. The third-order valence-electron chi connectivity index (χ3n) is 4.99. The molecule has 1 unspecified atom stereocenters. The van der Waals surface area contributed by atoms with Crippen LogP contribution in [-0.4, -0.2) is 41.8 Å². The van der Waals surface area contributed by atoms with Crippen LogP contribution in [0.25, 0.3) is 11.1 Å². The number of ether oxygens (including phenoxy) is 2. The standard InChI is InChI=1S/C25H30N4O5/c1-15-7-6-8-20(29-24(32)34-25(2,3)4)21-13-16(11-12-26-21)18-10-9-17(28-23(31)33-5)14-19(18)22(30)27-15/h6-7,9-15,20H,8H2,1-5H3,(H,27,30)(H,28,31)(H,29,32)/b7-6-/t15?,20-/m0/s1. The fraction of sp³-hybridized carbons (Fsp3) is 0.360. The van der Waals surface area contributed by atoms with Crippen molar-refractivity contribution in [3.63, 3.8) is 0 Å². The Labute approximate surface area is 198 Å². The molecule has 3 amide bonds. The van der Waals surface area contributed by atoms with Crippen LogP contribution >= 0.6 is 0 Å². The van der Waals surface area contributed by atoms with Crippen molar-refractivity contribution in [1.82, 2.24) is 15.6 Å². The molecular formula is C25H30N4O5. The van der Waals surface area contributed by atoms with Gasteiger partial charge in [0.15, 0.2) is 0 Å². The Morgan fingerprint density at radius 1 is 1.12 bits per heavy atom. The van der Waals surface area contributed by atoms with Crippen LogP contribution in [0, 0.1) is 0 Å². The topological polar surface area (TPSA) is 119 Å². The monoisotopic (exact) mass is 466 g/mol. The highest BCUT2D eigenvalue weighted by atomic mass is 16.6. The van der Waals surface area contributed by atoms with E-state index < -0.39 is 23.8 Å². The van der Waals surface area contributed by atoms with Crippen molar-refractivity contribution in [1.29, 1.82) is 0 Å². The first kappa shape index (κ1) is 24.8. The highest BCUT2D eigenvalue weighted by Crippen LogP contribution is 2.29. The number of amides is 3. The van der Waals surface area contributed by atoms with Crippen molar-refractivity contribution in [2.45, 2.75) is 51.8 Å². The lowest BCUT2D eigenvalue weighted by molar-refractivity contribution is 0.0502. The van der Waals surface area contributed by atoms with Gasteiger partial charge in [0, 0.05) is 23.5 Å². The molecule has 2 aromatic rings. The molecule has 0 aliphatic carbocycles. The van der Waals surface area contributed by atoms with E-state index in [1.54, 1.807) is 51.2 Å². The second-order valence-corrected chi connectivity index (χ2v) is 8.97. The molecule has 1 aliphatic rings. The van der Waals surface area contributed by atoms with Gasteiger partial charge >= 0.3 is 12.2 Å². The number of anilines is 1. The van der Waals surface area contributed by atoms with Crippen LogP contribution in [0.15, 0.2) is 48.7 Å². The summed E-state index contributed by atoms with van der Waals surface area (Å²) in [7, 11) is 1.27. The molecule has 3 rings (SSSR count). The molecule has 1 aromatic carbocycles. The number of rotatable bonds is 2. The SMILES string of the molecule is COC(=O)Nc1ccc2c(c1)C(=O)NC(C)/C=C\C[C@H](NC(=O)OC(C)(C)C)c1cc-2ccn1. The zero-order chi connectivity index (χ0) is 24.9. The van der Waals surface area contributed by atoms with Gasteiger partial charge in [0.25, 0.3) is 5.91 Å². The van der Waals surface area contributed by atoms with Crippen LogP contribution in [0.3, 0.4) is 0 Å². The molecule has 2 heterocycles. The van der Waals surface area contributed by atoms with Gasteiger partial charge in [-0.3, -0.25) is 15.1 Å². The van der Waals surface area contributed by atoms with Crippen molar-refractivity contribution in [3.8, 4) is 11.1 Å². The Morgan fingerprint density at radius 3 is 2.59 bits per heavy atom. The smallest absolute Gasteiger partial charge is 0.411 e. The number of nitrogens with zero attached hydrogens (tertiary/aromatic N) is 1. The molecule has 0 spiro atoms. The summed E-state index contributed by atoms with van der Waals surface area (Å²) >= 11 is 0. The van der Waals surface area contributed by atoms with E-state index in [2.05, 4.69) is 25.7 Å². The van der Waals surface area contributed by atoms with Gasteiger partial charge in [0.1, 0.15) is 5.60 Å². The quantitative estimate of drug-likeness (QED) is 0.558. The summed E-state index contributed by atoms with van der Waals surface area (Å²) < 4.78 is 10.1. The van der Waals surface area contributed by atoms with Crippen LogP contribution < -0.4 is 16.0 Å². The maximum Gasteiger partial charge on any atom is 0.411 e. The Hall–Kier alpha value is -3.88. The van der Waals surface area contributed by atoms with E-state index >= 15 is 0 Å². The zero-order valence-electron chi connectivity index (χ0n) is 20.0. The maximum atomic E-state index is 13.1. The van der Waals surface area contributed by atoms with Crippen LogP contribution in [-0.2, 0) is 9.47 Å². The lowest BCUT2D eigenvalue weighted by Gasteiger charge is -2.24. The first-order chi connectivity index (χ1) is 16.1. The highest BCUT2D eigenvalue weighted by Gasteiger charge is 2.23. The molecule has 1 aromatic heterocycles. The number of carbonyl (C=O) groups is 3. The van der Waals surface area contributed by atoms with E-state index in [0.29, 0.717) is 28.9 Å². The number of nitrogens with one attached hydrogen (secondary N) is 3. The summed E-state index contributed by atoms with van der Waals surface area (Å²) in [5.41, 5.74) is 2.20. The Bertz CT molecular complexity index is 1110. The number of hydrogen-bond donors (Lipinski definition) is 3. The van der Waals surface area contributed by atoms with E-state index in [0.717, 1.165) is 5.56 Å². The lowest BCUT2D eigenvalue weighted by atomic mass is 9.96. The first-order valence-electron chi connectivity index (χ1n) is 11.0. The number of hydrogen-bond acceptors (Lipinski definition) is 6. The Morgan fingerprint density at radius 2 is 1.88 bits per heavy atom. The summed E-state index contributed by atoms with van der Waals surface area (Å²) in [5.74, 6) is -0.289. The van der Waals surface area contributed by atoms with Gasteiger partial charge in [-0.2, -0.15) is 0 Å². The van der Waals surface area contributed by atoms with Crippen molar-refractivity contribution < 1.29 is 23.9 Å². The van der Waals surface area contributed by atoms with Crippen LogP contribution in [0.5, 0.6) is 0 Å². The van der Waals surface area contributed by atoms with Gasteiger partial charge in [0.2, 0.25) is 0 Å². The van der Waals surface area contributed by atoms with Gasteiger partial charge in [-0.1, -0.05) is 18.2 Å². The number of alkyl carbamates (subject to hydrolysis) is 1. The molecule has 2 bridgehead atoms. The molecule has 0 fully saturated rings. The van der Waals surface area contributed by atoms with Gasteiger partial charge < -0.3 is 20.1 Å². The minimum absolute atomic E-state index is 0.273. The molecule has 3 N–H and O–H groups in total. The molecule has 9 heteroatoms.